The second-order valence-electron chi connectivity index (χ2n) is 7.14. The normalized spacial score (nSPS) is 17.3. The predicted octanol–water partition coefficient (Wildman–Crippen LogP) is 4.44. The molecule has 5 nitrogen and oxygen atoms in total. The number of methoxy groups -OCH3 is 1. The fraction of sp³-hybridized carbons (Fsp3) is 0.0769. The zero-order valence-corrected chi connectivity index (χ0v) is 17.1. The molecule has 4 rings (SSSR count). The topological polar surface area (TPSA) is 66.8 Å². The molecule has 3 aromatic rings. The van der Waals surface area contributed by atoms with Crippen molar-refractivity contribution in [2.45, 2.75) is 6.04 Å². The van der Waals surface area contributed by atoms with E-state index in [1.54, 1.807) is 48.5 Å². The fourth-order valence-electron chi connectivity index (χ4n) is 3.68. The van der Waals surface area contributed by atoms with E-state index >= 15 is 0 Å². The quantitative estimate of drug-likeness (QED) is 0.289. The monoisotopic (exact) mass is 427 g/mol. The van der Waals surface area contributed by atoms with Gasteiger partial charge >= 0.3 is 0 Å². The average Bonchev–Trinajstić information content (AvgIpc) is 3.09. The molecule has 1 N–H and O–H groups in total. The van der Waals surface area contributed by atoms with Crippen molar-refractivity contribution in [1.29, 1.82) is 0 Å². The molecule has 0 aliphatic carbocycles. The number of ketones is 1. The molecule has 158 valence electrons. The van der Waals surface area contributed by atoms with Crippen LogP contribution in [0, 0.1) is 18.2 Å². The van der Waals surface area contributed by atoms with Gasteiger partial charge < -0.3 is 9.84 Å². The lowest BCUT2D eigenvalue weighted by Gasteiger charge is -2.25. The van der Waals surface area contributed by atoms with E-state index in [1.807, 2.05) is 0 Å². The Morgan fingerprint density at radius 1 is 1.00 bits per heavy atom. The molecule has 1 unspecified atom stereocenters. The number of carbonyl (C=O) groups excluding carboxylic acids is 2. The van der Waals surface area contributed by atoms with Crippen molar-refractivity contribution in [3.8, 4) is 18.1 Å². The van der Waals surface area contributed by atoms with Gasteiger partial charge in [0.05, 0.1) is 18.7 Å². The van der Waals surface area contributed by atoms with Gasteiger partial charge in [-0.25, -0.2) is 4.39 Å². The van der Waals surface area contributed by atoms with Gasteiger partial charge in [0.15, 0.2) is 0 Å². The van der Waals surface area contributed by atoms with Gasteiger partial charge in [0.2, 0.25) is 0 Å². The Kier molecular flexibility index (Phi) is 5.48. The standard InChI is InChI=1S/C26H18FNO4/c1-3-16-4-12-20(13-5-16)28-23(17-6-10-19(27)11-7-17)22(25(30)26(28)31)24(29)18-8-14-21(32-2)15-9-18/h1,4-15,23,29H,2H3/b24-22-. The second kappa shape index (κ2) is 8.40. The highest BCUT2D eigenvalue weighted by atomic mass is 19.1. The molecular weight excluding hydrogens is 409 g/mol. The maximum atomic E-state index is 13.6. The molecule has 0 bridgehead atoms. The maximum Gasteiger partial charge on any atom is 0.300 e. The highest BCUT2D eigenvalue weighted by Gasteiger charge is 2.46. The minimum Gasteiger partial charge on any atom is -0.507 e. The molecule has 32 heavy (non-hydrogen) atoms. The van der Waals surface area contributed by atoms with Gasteiger partial charge in [-0.05, 0) is 66.2 Å². The van der Waals surface area contributed by atoms with E-state index in [2.05, 4.69) is 5.92 Å². The smallest absolute Gasteiger partial charge is 0.300 e. The Labute approximate surface area is 184 Å². The summed E-state index contributed by atoms with van der Waals surface area (Å²) in [6.07, 6.45) is 5.41. The molecule has 0 saturated carbocycles. The minimum atomic E-state index is -0.950. The molecular formula is C26H18FNO4. The number of hydrogen-bond donors (Lipinski definition) is 1. The van der Waals surface area contributed by atoms with Gasteiger partial charge in [0.1, 0.15) is 17.3 Å². The summed E-state index contributed by atoms with van der Waals surface area (Å²) in [4.78, 5) is 27.4. The molecule has 1 amide bonds. The van der Waals surface area contributed by atoms with Crippen molar-refractivity contribution in [3.05, 3.63) is 101 Å². The highest BCUT2D eigenvalue weighted by molar-refractivity contribution is 6.51. The first-order valence-corrected chi connectivity index (χ1v) is 9.72. The second-order valence-corrected chi connectivity index (χ2v) is 7.14. The first-order valence-electron chi connectivity index (χ1n) is 9.72. The van der Waals surface area contributed by atoms with Gasteiger partial charge in [-0.2, -0.15) is 0 Å². The number of hydrogen-bond acceptors (Lipinski definition) is 4. The Morgan fingerprint density at radius 2 is 1.62 bits per heavy atom. The summed E-state index contributed by atoms with van der Waals surface area (Å²) in [5.41, 5.74) is 1.77. The van der Waals surface area contributed by atoms with Crippen LogP contribution in [0.1, 0.15) is 22.7 Å². The van der Waals surface area contributed by atoms with Crippen LogP contribution in [0.15, 0.2) is 78.4 Å². The van der Waals surface area contributed by atoms with Gasteiger partial charge in [-0.3, -0.25) is 14.5 Å². The molecule has 1 aliphatic heterocycles. The first-order chi connectivity index (χ1) is 15.4. The van der Waals surface area contributed by atoms with E-state index in [4.69, 9.17) is 11.2 Å². The van der Waals surface area contributed by atoms with Crippen molar-refractivity contribution < 1.29 is 23.8 Å². The molecule has 0 radical (unpaired) electrons. The lowest BCUT2D eigenvalue weighted by atomic mass is 9.95. The number of aliphatic hydroxyl groups is 1. The van der Waals surface area contributed by atoms with Gasteiger partial charge in [-0.15, -0.1) is 6.42 Å². The van der Waals surface area contributed by atoms with Gasteiger partial charge in [-0.1, -0.05) is 18.1 Å². The molecule has 1 heterocycles. The molecule has 0 spiro atoms. The number of anilines is 1. The number of aliphatic hydroxyl groups excluding tert-OH is 1. The third kappa shape index (κ3) is 3.61. The fourth-order valence-corrected chi connectivity index (χ4v) is 3.68. The number of amides is 1. The van der Waals surface area contributed by atoms with Crippen LogP contribution >= 0.6 is 0 Å². The van der Waals surface area contributed by atoms with Crippen LogP contribution in [0.2, 0.25) is 0 Å². The Balaban J connectivity index is 1.90. The number of ether oxygens (including phenoxy) is 1. The number of halogens is 1. The maximum absolute atomic E-state index is 13.6. The van der Waals surface area contributed by atoms with E-state index in [1.165, 1.54) is 36.3 Å². The molecule has 1 atom stereocenters. The van der Waals surface area contributed by atoms with Crippen LogP contribution in [0.25, 0.3) is 5.76 Å². The van der Waals surface area contributed by atoms with Gasteiger partial charge in [0.25, 0.3) is 11.7 Å². The number of Topliss-reactive ketones (excluding diaryl/α,β-unsaturated/α-hetero) is 1. The SMILES string of the molecule is C#Cc1ccc(N2C(=O)C(=O)/C(=C(\O)c3ccc(OC)cc3)C2c2ccc(F)cc2)cc1. The van der Waals surface area contributed by atoms with E-state index in [0.29, 0.717) is 28.1 Å². The number of carbonyl (C=O) groups is 2. The molecule has 3 aromatic carbocycles. The van der Waals surface area contributed by atoms with Crippen LogP contribution in [0.4, 0.5) is 10.1 Å². The summed E-state index contributed by atoms with van der Waals surface area (Å²) < 4.78 is 18.7. The lowest BCUT2D eigenvalue weighted by molar-refractivity contribution is -0.132. The molecule has 1 aliphatic rings. The number of benzene rings is 3. The molecule has 0 aromatic heterocycles. The van der Waals surface area contributed by atoms with Crippen LogP contribution in [0.5, 0.6) is 5.75 Å². The van der Waals surface area contributed by atoms with Crippen molar-refractivity contribution in [3.63, 3.8) is 0 Å². The molecule has 1 fully saturated rings. The summed E-state index contributed by atoms with van der Waals surface area (Å²) >= 11 is 0. The van der Waals surface area contributed by atoms with Crippen LogP contribution in [-0.4, -0.2) is 23.9 Å². The minimum absolute atomic E-state index is 0.0900. The third-order valence-corrected chi connectivity index (χ3v) is 5.31. The Hall–Kier alpha value is -4.37. The Bertz CT molecular complexity index is 1250. The zero-order chi connectivity index (χ0) is 22.8. The summed E-state index contributed by atoms with van der Waals surface area (Å²) in [6.45, 7) is 0. The van der Waals surface area contributed by atoms with Crippen molar-refractivity contribution in [1.82, 2.24) is 0 Å². The number of nitrogens with zero attached hydrogens (tertiary/aromatic N) is 1. The summed E-state index contributed by atoms with van der Waals surface area (Å²) in [6, 6.07) is 17.5. The Morgan fingerprint density at radius 3 is 2.19 bits per heavy atom. The summed E-state index contributed by atoms with van der Waals surface area (Å²) in [5, 5.41) is 11.0. The van der Waals surface area contributed by atoms with E-state index < -0.39 is 23.5 Å². The van der Waals surface area contributed by atoms with E-state index in [9.17, 15) is 19.1 Å². The van der Waals surface area contributed by atoms with E-state index in [0.717, 1.165) is 0 Å². The number of terminal acetylenes is 1. The van der Waals surface area contributed by atoms with Crippen molar-refractivity contribution in [2.24, 2.45) is 0 Å². The van der Waals surface area contributed by atoms with Crippen molar-refractivity contribution >= 4 is 23.1 Å². The molecule has 6 heteroatoms. The number of rotatable bonds is 4. The lowest BCUT2D eigenvalue weighted by Crippen LogP contribution is -2.29. The van der Waals surface area contributed by atoms with Gasteiger partial charge in [0, 0.05) is 16.8 Å². The summed E-state index contributed by atoms with van der Waals surface area (Å²) in [5.74, 6) is 0.643. The third-order valence-electron chi connectivity index (χ3n) is 5.31. The predicted molar refractivity (Wildman–Crippen MR) is 119 cm³/mol. The average molecular weight is 427 g/mol. The largest absolute Gasteiger partial charge is 0.507 e. The van der Waals surface area contributed by atoms with Crippen LogP contribution in [0.3, 0.4) is 0 Å². The van der Waals surface area contributed by atoms with Crippen LogP contribution < -0.4 is 9.64 Å². The highest BCUT2D eigenvalue weighted by Crippen LogP contribution is 2.42. The molecule has 1 saturated heterocycles. The zero-order valence-electron chi connectivity index (χ0n) is 17.1. The first kappa shape index (κ1) is 20.9. The van der Waals surface area contributed by atoms with Crippen LogP contribution in [-0.2, 0) is 9.59 Å². The summed E-state index contributed by atoms with van der Waals surface area (Å²) in [7, 11) is 1.51. The van der Waals surface area contributed by atoms with E-state index in [-0.39, 0.29) is 11.3 Å². The van der Waals surface area contributed by atoms with Crippen molar-refractivity contribution in [2.75, 3.05) is 12.0 Å².